The Morgan fingerprint density at radius 3 is 2.67 bits per heavy atom. The van der Waals surface area contributed by atoms with Gasteiger partial charge >= 0.3 is 0 Å². The van der Waals surface area contributed by atoms with E-state index in [4.69, 9.17) is 14.2 Å². The van der Waals surface area contributed by atoms with Crippen molar-refractivity contribution in [2.24, 2.45) is 0 Å². The van der Waals surface area contributed by atoms with E-state index in [1.807, 2.05) is 0 Å². The van der Waals surface area contributed by atoms with E-state index in [1.165, 1.54) is 0 Å². The molecule has 1 heterocycles. The Labute approximate surface area is 125 Å². The van der Waals surface area contributed by atoms with Gasteiger partial charge in [0.2, 0.25) is 10.0 Å². The van der Waals surface area contributed by atoms with Crippen LogP contribution >= 0.6 is 0 Å². The van der Waals surface area contributed by atoms with Gasteiger partial charge in [-0.3, -0.25) is 0 Å². The number of hydrogen-bond acceptors (Lipinski definition) is 5. The van der Waals surface area contributed by atoms with E-state index >= 15 is 0 Å². The lowest BCUT2D eigenvalue weighted by atomic mass is 10.2. The first kappa shape index (κ1) is 16.1. The van der Waals surface area contributed by atoms with E-state index in [0.29, 0.717) is 24.5 Å². The van der Waals surface area contributed by atoms with E-state index in [-0.39, 0.29) is 12.6 Å². The van der Waals surface area contributed by atoms with Crippen molar-refractivity contribution in [2.45, 2.75) is 31.2 Å². The number of hydrogen-bond donors (Lipinski definition) is 1. The van der Waals surface area contributed by atoms with Gasteiger partial charge in [0.25, 0.3) is 0 Å². The molecule has 1 aliphatic rings. The minimum Gasteiger partial charge on any atom is -0.497 e. The number of sulfonamides is 1. The van der Waals surface area contributed by atoms with Crippen LogP contribution in [0.4, 0.5) is 0 Å². The van der Waals surface area contributed by atoms with Gasteiger partial charge in [-0.1, -0.05) is 0 Å². The fourth-order valence-corrected chi connectivity index (χ4v) is 3.99. The van der Waals surface area contributed by atoms with Crippen LogP contribution in [0.5, 0.6) is 11.5 Å². The van der Waals surface area contributed by atoms with Crippen LogP contribution in [-0.2, 0) is 21.3 Å². The maximum absolute atomic E-state index is 12.3. The normalized spacial score (nSPS) is 22.2. The molecule has 1 aromatic rings. The van der Waals surface area contributed by atoms with Crippen LogP contribution in [-0.4, -0.2) is 40.6 Å². The van der Waals surface area contributed by atoms with E-state index in [9.17, 15) is 8.42 Å². The largest absolute Gasteiger partial charge is 0.497 e. The van der Waals surface area contributed by atoms with E-state index < -0.39 is 15.3 Å². The number of rotatable bonds is 6. The molecule has 6 nitrogen and oxygen atoms in total. The quantitative estimate of drug-likeness (QED) is 0.856. The lowest BCUT2D eigenvalue weighted by Gasteiger charge is -2.17. The molecule has 0 aliphatic carbocycles. The molecule has 0 unspecified atom stereocenters. The van der Waals surface area contributed by atoms with Gasteiger partial charge in [0.15, 0.2) is 0 Å². The van der Waals surface area contributed by atoms with Crippen molar-refractivity contribution < 1.29 is 22.6 Å². The lowest BCUT2D eigenvalue weighted by molar-refractivity contribution is 0.126. The second-order valence-electron chi connectivity index (χ2n) is 4.95. The second kappa shape index (κ2) is 6.64. The smallest absolute Gasteiger partial charge is 0.217 e. The zero-order valence-electron chi connectivity index (χ0n) is 12.5. The molecule has 1 saturated heterocycles. The first-order chi connectivity index (χ1) is 9.97. The molecular formula is C14H21NO5S. The van der Waals surface area contributed by atoms with Crippen molar-refractivity contribution in [3.63, 3.8) is 0 Å². The Balaban J connectivity index is 2.11. The first-order valence-corrected chi connectivity index (χ1v) is 8.33. The molecule has 21 heavy (non-hydrogen) atoms. The fraction of sp³-hybridized carbons (Fsp3) is 0.571. The van der Waals surface area contributed by atoms with Crippen LogP contribution in [0.15, 0.2) is 18.2 Å². The molecule has 0 aromatic heterocycles. The molecule has 1 N–H and O–H groups in total. The van der Waals surface area contributed by atoms with Crippen LogP contribution in [0.2, 0.25) is 0 Å². The summed E-state index contributed by atoms with van der Waals surface area (Å²) in [5.41, 5.74) is 0.729. The van der Waals surface area contributed by atoms with Gasteiger partial charge in [0.1, 0.15) is 16.7 Å². The van der Waals surface area contributed by atoms with Crippen molar-refractivity contribution in [1.82, 2.24) is 4.72 Å². The molecule has 0 saturated carbocycles. The average Bonchev–Trinajstić information content (AvgIpc) is 2.92. The summed E-state index contributed by atoms with van der Waals surface area (Å²) in [5, 5.41) is -0.505. The van der Waals surface area contributed by atoms with Gasteiger partial charge in [-0.25, -0.2) is 13.1 Å². The van der Waals surface area contributed by atoms with Crippen LogP contribution in [0, 0.1) is 0 Å². The Morgan fingerprint density at radius 1 is 1.33 bits per heavy atom. The summed E-state index contributed by atoms with van der Waals surface area (Å²) < 4.78 is 43.0. The van der Waals surface area contributed by atoms with Crippen molar-refractivity contribution in [2.75, 3.05) is 20.8 Å². The van der Waals surface area contributed by atoms with Gasteiger partial charge in [-0.2, -0.15) is 0 Å². The highest BCUT2D eigenvalue weighted by Crippen LogP contribution is 2.25. The Bertz CT molecular complexity index is 587. The highest BCUT2D eigenvalue weighted by Gasteiger charge is 2.35. The van der Waals surface area contributed by atoms with Crippen molar-refractivity contribution in [1.29, 1.82) is 0 Å². The van der Waals surface area contributed by atoms with Crippen LogP contribution in [0.3, 0.4) is 0 Å². The van der Waals surface area contributed by atoms with Crippen molar-refractivity contribution in [3.05, 3.63) is 23.8 Å². The summed E-state index contributed by atoms with van der Waals surface area (Å²) in [5.74, 6) is 1.27. The fourth-order valence-electron chi connectivity index (χ4n) is 2.43. The van der Waals surface area contributed by atoms with E-state index in [1.54, 1.807) is 39.3 Å². The Morgan fingerprint density at radius 2 is 2.10 bits per heavy atom. The average molecular weight is 315 g/mol. The molecule has 0 spiro atoms. The maximum Gasteiger partial charge on any atom is 0.217 e. The predicted molar refractivity (Wildman–Crippen MR) is 79.1 cm³/mol. The summed E-state index contributed by atoms with van der Waals surface area (Å²) in [6, 6.07) is 5.28. The molecule has 0 bridgehead atoms. The Kier molecular flexibility index (Phi) is 5.08. The van der Waals surface area contributed by atoms with Crippen LogP contribution in [0.1, 0.15) is 18.9 Å². The number of benzene rings is 1. The molecule has 0 amide bonds. The third-order valence-electron chi connectivity index (χ3n) is 3.66. The zero-order valence-corrected chi connectivity index (χ0v) is 13.3. The summed E-state index contributed by atoms with van der Waals surface area (Å²) in [7, 11) is -0.312. The molecule has 0 radical (unpaired) electrons. The second-order valence-corrected chi connectivity index (χ2v) is 6.93. The minimum atomic E-state index is -3.42. The number of ether oxygens (including phenoxy) is 3. The van der Waals surface area contributed by atoms with Crippen LogP contribution < -0.4 is 14.2 Å². The van der Waals surface area contributed by atoms with Crippen molar-refractivity contribution >= 4 is 10.0 Å². The summed E-state index contributed by atoms with van der Waals surface area (Å²) >= 11 is 0. The molecule has 1 fully saturated rings. The number of nitrogens with one attached hydrogen (secondary N) is 1. The molecule has 2 atom stereocenters. The molecular weight excluding hydrogens is 294 g/mol. The Hall–Kier alpha value is -1.31. The molecule has 1 aliphatic heterocycles. The lowest BCUT2D eigenvalue weighted by Crippen LogP contribution is -2.37. The van der Waals surface area contributed by atoms with Gasteiger partial charge < -0.3 is 14.2 Å². The molecule has 2 rings (SSSR count). The van der Waals surface area contributed by atoms with Gasteiger partial charge in [-0.05, 0) is 31.5 Å². The monoisotopic (exact) mass is 315 g/mol. The number of methoxy groups -OCH3 is 2. The predicted octanol–water partition coefficient (Wildman–Crippen LogP) is 1.30. The summed E-state index contributed by atoms with van der Waals surface area (Å²) in [4.78, 5) is 0. The summed E-state index contributed by atoms with van der Waals surface area (Å²) in [6.07, 6.45) is 0.237. The van der Waals surface area contributed by atoms with Gasteiger partial charge in [-0.15, -0.1) is 0 Å². The zero-order chi connectivity index (χ0) is 15.5. The third kappa shape index (κ3) is 3.66. The summed E-state index contributed by atoms with van der Waals surface area (Å²) in [6.45, 7) is 2.42. The highest BCUT2D eigenvalue weighted by molar-refractivity contribution is 7.90. The third-order valence-corrected chi connectivity index (χ3v) is 5.62. The molecule has 7 heteroatoms. The van der Waals surface area contributed by atoms with Gasteiger partial charge in [0.05, 0.1) is 20.3 Å². The standard InChI is InChI=1S/C14H21NO5S/c1-10-14(6-7-20-10)21(16,17)15-9-11-8-12(18-2)4-5-13(11)19-3/h4-5,8,10,14-15H,6-7,9H2,1-3H3/t10-,14+/m0/s1. The minimum absolute atomic E-state index is 0.159. The van der Waals surface area contributed by atoms with Crippen LogP contribution in [0.25, 0.3) is 0 Å². The maximum atomic E-state index is 12.3. The van der Waals surface area contributed by atoms with Crippen molar-refractivity contribution in [3.8, 4) is 11.5 Å². The topological polar surface area (TPSA) is 73.9 Å². The molecule has 118 valence electrons. The van der Waals surface area contributed by atoms with Gasteiger partial charge in [0, 0.05) is 18.7 Å². The first-order valence-electron chi connectivity index (χ1n) is 6.79. The van der Waals surface area contributed by atoms with E-state index in [2.05, 4.69) is 4.72 Å². The van der Waals surface area contributed by atoms with E-state index in [0.717, 1.165) is 5.56 Å². The molecule has 1 aromatic carbocycles. The highest BCUT2D eigenvalue weighted by atomic mass is 32.2. The SMILES string of the molecule is COc1ccc(OC)c(CNS(=O)(=O)[C@@H]2CCO[C@H]2C)c1.